The van der Waals surface area contributed by atoms with Crippen LogP contribution in [0, 0.1) is 24.2 Å². The van der Waals surface area contributed by atoms with E-state index in [0.717, 1.165) is 44.7 Å². The predicted octanol–water partition coefficient (Wildman–Crippen LogP) is 14.9. The van der Waals surface area contributed by atoms with Gasteiger partial charge in [-0.25, -0.2) is 4.98 Å². The summed E-state index contributed by atoms with van der Waals surface area (Å²) in [5.74, 6) is 2.05. The largest absolute Gasteiger partial charge is 0.509 e. The van der Waals surface area contributed by atoms with Crippen molar-refractivity contribution in [3.63, 3.8) is 0 Å². The molecule has 0 radical (unpaired) electrons. The van der Waals surface area contributed by atoms with Gasteiger partial charge < -0.3 is 19.1 Å². The van der Waals surface area contributed by atoms with Gasteiger partial charge in [-0.15, -0.1) is 48.1 Å². The van der Waals surface area contributed by atoms with Crippen molar-refractivity contribution in [2.24, 2.45) is 5.41 Å². The van der Waals surface area contributed by atoms with Gasteiger partial charge in [0.1, 0.15) is 5.82 Å². The van der Waals surface area contributed by atoms with Crippen molar-refractivity contribution in [3.05, 3.63) is 210 Å². The molecular weight excluding hydrogens is 964 g/mol. The monoisotopic (exact) mass is 1020 g/mol. The summed E-state index contributed by atoms with van der Waals surface area (Å²) in [6.45, 7) is 25.0. The molecule has 0 atom stereocenters. The van der Waals surface area contributed by atoms with Crippen molar-refractivity contribution in [2.75, 3.05) is 9.80 Å². The molecule has 0 fully saturated rings. The van der Waals surface area contributed by atoms with Crippen molar-refractivity contribution in [3.8, 4) is 17.3 Å². The van der Waals surface area contributed by atoms with Crippen LogP contribution in [0.4, 0.5) is 11.4 Å². The Hall–Kier alpha value is -5.90. The summed E-state index contributed by atoms with van der Waals surface area (Å²) < 4.78 is 8.88. The molecule has 8 aromatic rings. The molecule has 5 nitrogen and oxygen atoms in total. The molecule has 6 heteroatoms. The van der Waals surface area contributed by atoms with Crippen molar-refractivity contribution in [2.45, 2.75) is 85.5 Å². The zero-order valence-corrected chi connectivity index (χ0v) is 40.9. The van der Waals surface area contributed by atoms with E-state index in [0.29, 0.717) is 11.5 Å². The number of aromatic nitrogens is 2. The molecule has 0 saturated carbocycles. The number of fused-ring (bicyclic) bond motifs is 3. The normalized spacial score (nSPS) is 13.6. The maximum atomic E-state index is 6.67. The van der Waals surface area contributed by atoms with Gasteiger partial charge in [-0.1, -0.05) is 160 Å². The predicted molar refractivity (Wildman–Crippen MR) is 262 cm³/mol. The average Bonchev–Trinajstić information content (AvgIpc) is 3.88. The number of rotatable bonds is 9. The first kappa shape index (κ1) is 44.7. The van der Waals surface area contributed by atoms with Gasteiger partial charge in [-0.3, -0.25) is 0 Å². The molecular formula is C58H57N4OPt-3. The fraction of sp³-hybridized carbons (Fsp3) is 0.241. The second-order valence-electron chi connectivity index (χ2n) is 20.0. The number of allylic oxidation sites excluding steroid dienone is 1. The van der Waals surface area contributed by atoms with Crippen LogP contribution in [0.15, 0.2) is 164 Å². The summed E-state index contributed by atoms with van der Waals surface area (Å²) in [5.41, 5.74) is 10.8. The number of benzene rings is 6. The number of ether oxygens (including phenoxy) is 1. The number of pyridine rings is 1. The summed E-state index contributed by atoms with van der Waals surface area (Å²) in [6.07, 6.45) is 4.19. The van der Waals surface area contributed by atoms with Gasteiger partial charge in [0.15, 0.2) is 0 Å². The first-order valence-corrected chi connectivity index (χ1v) is 22.0. The number of para-hydroxylation sites is 1. The van der Waals surface area contributed by atoms with Crippen LogP contribution in [0.5, 0.6) is 11.5 Å². The van der Waals surface area contributed by atoms with Crippen LogP contribution >= 0.6 is 0 Å². The van der Waals surface area contributed by atoms with E-state index in [1.165, 1.54) is 27.8 Å². The van der Waals surface area contributed by atoms with E-state index in [1.54, 1.807) is 0 Å². The maximum absolute atomic E-state index is 6.67. The van der Waals surface area contributed by atoms with Gasteiger partial charge in [-0.05, 0) is 75.2 Å². The van der Waals surface area contributed by atoms with E-state index in [2.05, 4.69) is 236 Å². The first-order valence-electron chi connectivity index (χ1n) is 22.0. The van der Waals surface area contributed by atoms with Crippen LogP contribution < -0.4 is 14.5 Å². The average molecular weight is 1020 g/mol. The Morgan fingerprint density at radius 2 is 1.16 bits per heavy atom. The Labute approximate surface area is 394 Å². The third-order valence-electron chi connectivity index (χ3n) is 12.8. The Morgan fingerprint density at radius 1 is 0.531 bits per heavy atom. The van der Waals surface area contributed by atoms with Gasteiger partial charge >= 0.3 is 0 Å². The molecule has 0 N–H and O–H groups in total. The van der Waals surface area contributed by atoms with E-state index in [4.69, 9.17) is 9.72 Å². The Morgan fingerprint density at radius 3 is 1.83 bits per heavy atom. The minimum Gasteiger partial charge on any atom is -0.509 e. The molecule has 0 bridgehead atoms. The first-order chi connectivity index (χ1) is 30.0. The number of nitrogens with zero attached hydrogens (tertiary/aromatic N) is 4. The van der Waals surface area contributed by atoms with Gasteiger partial charge in [-0.2, -0.15) is 12.1 Å². The molecule has 9 rings (SSSR count). The van der Waals surface area contributed by atoms with Crippen LogP contribution in [0.3, 0.4) is 0 Å². The molecule has 1 aliphatic heterocycles. The van der Waals surface area contributed by atoms with Crippen LogP contribution in [-0.4, -0.2) is 9.55 Å². The van der Waals surface area contributed by atoms with Gasteiger partial charge in [0, 0.05) is 71.9 Å². The second kappa shape index (κ2) is 16.9. The molecule has 0 aliphatic carbocycles. The Bertz CT molecular complexity index is 2990. The van der Waals surface area contributed by atoms with Crippen LogP contribution in [-0.2, 0) is 37.3 Å². The minimum atomic E-state index is -0.221. The minimum absolute atomic E-state index is 0. The molecule has 0 saturated heterocycles. The molecule has 2 aromatic heterocycles. The van der Waals surface area contributed by atoms with Gasteiger partial charge in [0.05, 0.1) is 0 Å². The zero-order chi connectivity index (χ0) is 44.3. The van der Waals surface area contributed by atoms with Crippen molar-refractivity contribution < 1.29 is 25.8 Å². The molecule has 0 amide bonds. The summed E-state index contributed by atoms with van der Waals surface area (Å²) in [6, 6.07) is 58.9. The third kappa shape index (κ3) is 8.43. The van der Waals surface area contributed by atoms with Gasteiger partial charge in [0.25, 0.3) is 0 Å². The van der Waals surface area contributed by atoms with E-state index in [9.17, 15) is 0 Å². The molecule has 1 aliphatic rings. The molecule has 328 valence electrons. The summed E-state index contributed by atoms with van der Waals surface area (Å²) in [5, 5.41) is 2.22. The fourth-order valence-electron chi connectivity index (χ4n) is 8.75. The molecule has 6 aromatic carbocycles. The van der Waals surface area contributed by atoms with Crippen molar-refractivity contribution >= 4 is 33.2 Å². The fourth-order valence-corrected chi connectivity index (χ4v) is 8.75. The van der Waals surface area contributed by atoms with Crippen LogP contribution in [0.2, 0.25) is 0 Å². The summed E-state index contributed by atoms with van der Waals surface area (Å²) >= 11 is 0. The van der Waals surface area contributed by atoms with E-state index >= 15 is 0 Å². The van der Waals surface area contributed by atoms with Gasteiger partial charge in [0.2, 0.25) is 0 Å². The standard InChI is InChI=1S/C58H57N4O.Pt/c1-55(2,3)43-32-44(58(9,10)41-22-15-12-16-23-41)34-46(33-43)60-38-53(56(4,5)6)61(39-60)45-24-19-25-47(36-45)63-48-28-29-50-49-26-17-18-27-51(49)62(52(50)37-48)54-35-42(30-31-59-54)57(7,8)40-20-13-11-14-21-40;/h11-35,38-39H,1-10H3;/q-3;. The topological polar surface area (TPSA) is 33.5 Å². The second-order valence-corrected chi connectivity index (χ2v) is 20.0. The quantitative estimate of drug-likeness (QED) is 0.135. The molecule has 0 unspecified atom stereocenters. The Kier molecular flexibility index (Phi) is 11.8. The summed E-state index contributed by atoms with van der Waals surface area (Å²) in [7, 11) is 0. The third-order valence-corrected chi connectivity index (χ3v) is 12.8. The number of hydrogen-bond donors (Lipinski definition) is 0. The maximum Gasteiger partial charge on any atom is 0.135 e. The van der Waals surface area contributed by atoms with Crippen LogP contribution in [0.25, 0.3) is 27.6 Å². The smallest absolute Gasteiger partial charge is 0.135 e. The Balaban J connectivity index is 0.00000560. The molecule has 64 heavy (non-hydrogen) atoms. The zero-order valence-electron chi connectivity index (χ0n) is 38.6. The van der Waals surface area contributed by atoms with E-state index in [-0.39, 0.29) is 42.7 Å². The summed E-state index contributed by atoms with van der Waals surface area (Å²) in [4.78, 5) is 9.46. The molecule has 0 spiro atoms. The number of hydrogen-bond acceptors (Lipinski definition) is 4. The molecule has 3 heterocycles. The van der Waals surface area contributed by atoms with Crippen molar-refractivity contribution in [1.82, 2.24) is 9.55 Å². The van der Waals surface area contributed by atoms with E-state index in [1.807, 2.05) is 24.4 Å². The van der Waals surface area contributed by atoms with E-state index < -0.39 is 0 Å². The van der Waals surface area contributed by atoms with Crippen LogP contribution in [0.1, 0.15) is 97.1 Å². The SMILES string of the molecule is CC(C)(C)C1=CN(c2cc(C(C)(C)C)cc(C(C)(C)c3ccccc3)c2)[CH-]N1c1[c-]c(Oc2[c-]c3c(cc2)c2ccccc2n3-c2cc(C(C)(C)c3ccccc3)ccn2)ccc1.[Pt]. The van der Waals surface area contributed by atoms with Crippen molar-refractivity contribution in [1.29, 1.82) is 0 Å². The number of anilines is 2.